The second-order valence-corrected chi connectivity index (χ2v) is 9.71. The number of sulfonamides is 1. The van der Waals surface area contributed by atoms with Gasteiger partial charge in [0.15, 0.2) is 0 Å². The van der Waals surface area contributed by atoms with Gasteiger partial charge in [-0.15, -0.1) is 0 Å². The maximum absolute atomic E-state index is 13.2. The van der Waals surface area contributed by atoms with Gasteiger partial charge in [0.05, 0.1) is 41.7 Å². The van der Waals surface area contributed by atoms with Gasteiger partial charge in [-0.25, -0.2) is 8.42 Å². The van der Waals surface area contributed by atoms with Gasteiger partial charge in [-0.2, -0.15) is 4.31 Å². The van der Waals surface area contributed by atoms with Crippen molar-refractivity contribution in [1.29, 1.82) is 0 Å². The number of benzene rings is 2. The van der Waals surface area contributed by atoms with Crippen molar-refractivity contribution in [3.8, 4) is 5.75 Å². The maximum atomic E-state index is 13.2. The molecule has 9 heteroatoms. The molecule has 1 N–H and O–H groups in total. The van der Waals surface area contributed by atoms with E-state index in [4.69, 9.17) is 9.47 Å². The number of morpholine rings is 1. The molecule has 32 heavy (non-hydrogen) atoms. The molecule has 2 aliphatic rings. The number of anilines is 2. The highest BCUT2D eigenvalue weighted by Crippen LogP contribution is 2.33. The zero-order chi connectivity index (χ0) is 22.6. The lowest BCUT2D eigenvalue weighted by Gasteiger charge is -2.27. The van der Waals surface area contributed by atoms with E-state index in [0.717, 1.165) is 31.6 Å². The van der Waals surface area contributed by atoms with E-state index < -0.39 is 10.0 Å². The quantitative estimate of drug-likeness (QED) is 0.685. The zero-order valence-electron chi connectivity index (χ0n) is 18.2. The lowest BCUT2D eigenvalue weighted by atomic mass is 10.1. The number of para-hydroxylation sites is 1. The smallest absolute Gasteiger partial charge is 0.259 e. The van der Waals surface area contributed by atoms with Gasteiger partial charge in [-0.3, -0.25) is 4.79 Å². The summed E-state index contributed by atoms with van der Waals surface area (Å²) in [5.41, 5.74) is 1.71. The average molecular weight is 460 g/mol. The minimum atomic E-state index is -3.68. The first-order chi connectivity index (χ1) is 15.5. The lowest BCUT2D eigenvalue weighted by molar-refractivity contribution is 0.0730. The third-order valence-corrected chi connectivity index (χ3v) is 7.60. The molecule has 172 valence electrons. The highest BCUT2D eigenvalue weighted by molar-refractivity contribution is 7.89. The summed E-state index contributed by atoms with van der Waals surface area (Å²) in [5, 5.41) is 2.95. The van der Waals surface area contributed by atoms with Gasteiger partial charge in [-0.05, 0) is 50.1 Å². The molecule has 0 atom stereocenters. The fourth-order valence-corrected chi connectivity index (χ4v) is 5.51. The zero-order valence-corrected chi connectivity index (χ0v) is 19.1. The molecule has 0 aromatic heterocycles. The minimum absolute atomic E-state index is 0.163. The van der Waals surface area contributed by atoms with Gasteiger partial charge >= 0.3 is 0 Å². The second kappa shape index (κ2) is 9.89. The Bertz CT molecular complexity index is 1060. The van der Waals surface area contributed by atoms with Crippen LogP contribution in [0.25, 0.3) is 0 Å². The molecule has 0 radical (unpaired) electrons. The maximum Gasteiger partial charge on any atom is 0.259 e. The van der Waals surface area contributed by atoms with E-state index in [0.29, 0.717) is 49.9 Å². The van der Waals surface area contributed by atoms with Crippen molar-refractivity contribution in [2.75, 3.05) is 56.2 Å². The summed E-state index contributed by atoms with van der Waals surface area (Å²) in [6, 6.07) is 12.0. The second-order valence-electron chi connectivity index (χ2n) is 7.77. The Labute approximate surface area is 189 Å². The van der Waals surface area contributed by atoms with Crippen LogP contribution < -0.4 is 15.0 Å². The van der Waals surface area contributed by atoms with Gasteiger partial charge in [0.2, 0.25) is 10.0 Å². The molecule has 0 bridgehead atoms. The van der Waals surface area contributed by atoms with Crippen LogP contribution in [0.5, 0.6) is 5.75 Å². The van der Waals surface area contributed by atoms with Gasteiger partial charge in [0, 0.05) is 26.2 Å². The van der Waals surface area contributed by atoms with E-state index in [1.807, 2.05) is 13.0 Å². The van der Waals surface area contributed by atoms with Gasteiger partial charge < -0.3 is 19.7 Å². The van der Waals surface area contributed by atoms with Crippen molar-refractivity contribution in [1.82, 2.24) is 4.31 Å². The number of ether oxygens (including phenoxy) is 2. The van der Waals surface area contributed by atoms with Crippen molar-refractivity contribution >= 4 is 27.3 Å². The lowest BCUT2D eigenvalue weighted by Crippen LogP contribution is -2.40. The first-order valence-corrected chi connectivity index (χ1v) is 12.4. The number of rotatable bonds is 7. The Balaban J connectivity index is 1.68. The van der Waals surface area contributed by atoms with E-state index in [1.165, 1.54) is 4.31 Å². The monoisotopic (exact) mass is 459 g/mol. The molecule has 2 aromatic carbocycles. The first-order valence-electron chi connectivity index (χ1n) is 11.0. The fourth-order valence-electron chi connectivity index (χ4n) is 4.07. The van der Waals surface area contributed by atoms with Crippen LogP contribution in [0.1, 0.15) is 30.1 Å². The number of hydrogen-bond donors (Lipinski definition) is 1. The third kappa shape index (κ3) is 4.74. The number of amides is 1. The molecule has 2 aromatic rings. The molecule has 2 fully saturated rings. The van der Waals surface area contributed by atoms with Gasteiger partial charge in [0.1, 0.15) is 5.75 Å². The highest BCUT2D eigenvalue weighted by atomic mass is 32.2. The van der Waals surface area contributed by atoms with Crippen LogP contribution >= 0.6 is 0 Å². The van der Waals surface area contributed by atoms with Crippen molar-refractivity contribution in [3.63, 3.8) is 0 Å². The number of carbonyl (C=O) groups is 1. The molecule has 0 unspecified atom stereocenters. The molecule has 2 heterocycles. The predicted molar refractivity (Wildman–Crippen MR) is 123 cm³/mol. The highest BCUT2D eigenvalue weighted by Gasteiger charge is 2.28. The SMILES string of the molecule is CCOc1ccccc1C(=O)Nc1cc(S(=O)(=O)N2CCOCC2)ccc1N1CCCC1. The summed E-state index contributed by atoms with van der Waals surface area (Å²) in [6.45, 7) is 5.43. The molecule has 0 spiro atoms. The third-order valence-electron chi connectivity index (χ3n) is 5.70. The average Bonchev–Trinajstić information content (AvgIpc) is 3.35. The number of carbonyl (C=O) groups excluding carboxylic acids is 1. The molecule has 1 amide bonds. The van der Waals surface area contributed by atoms with E-state index in [1.54, 1.807) is 36.4 Å². The van der Waals surface area contributed by atoms with Crippen LogP contribution in [-0.4, -0.2) is 64.6 Å². The van der Waals surface area contributed by atoms with Crippen molar-refractivity contribution in [2.24, 2.45) is 0 Å². The number of nitrogens with one attached hydrogen (secondary N) is 1. The number of hydrogen-bond acceptors (Lipinski definition) is 6. The largest absolute Gasteiger partial charge is 0.493 e. The van der Waals surface area contributed by atoms with Crippen LogP contribution in [0.15, 0.2) is 47.4 Å². The molecule has 2 aliphatic heterocycles. The molecular formula is C23H29N3O5S. The molecule has 8 nitrogen and oxygen atoms in total. The van der Waals surface area contributed by atoms with Crippen LogP contribution in [0, 0.1) is 0 Å². The van der Waals surface area contributed by atoms with E-state index >= 15 is 0 Å². The molecule has 0 aliphatic carbocycles. The number of nitrogens with zero attached hydrogens (tertiary/aromatic N) is 2. The Morgan fingerprint density at radius 2 is 1.78 bits per heavy atom. The normalized spacial score (nSPS) is 17.3. The van der Waals surface area contributed by atoms with Crippen LogP contribution in [0.4, 0.5) is 11.4 Å². The van der Waals surface area contributed by atoms with E-state index in [2.05, 4.69) is 10.2 Å². The van der Waals surface area contributed by atoms with Crippen molar-refractivity contribution < 1.29 is 22.7 Å². The Morgan fingerprint density at radius 3 is 2.50 bits per heavy atom. The Kier molecular flexibility index (Phi) is 6.98. The fraction of sp³-hybridized carbons (Fsp3) is 0.435. The van der Waals surface area contributed by atoms with Crippen LogP contribution in [-0.2, 0) is 14.8 Å². The molecule has 4 rings (SSSR count). The summed E-state index contributed by atoms with van der Waals surface area (Å²) >= 11 is 0. The van der Waals surface area contributed by atoms with Crippen molar-refractivity contribution in [3.05, 3.63) is 48.0 Å². The molecule has 0 saturated carbocycles. The summed E-state index contributed by atoms with van der Waals surface area (Å²) in [4.78, 5) is 15.5. The van der Waals surface area contributed by atoms with Gasteiger partial charge in [-0.1, -0.05) is 12.1 Å². The summed E-state index contributed by atoms with van der Waals surface area (Å²) < 4.78 is 38.7. The summed E-state index contributed by atoms with van der Waals surface area (Å²) in [7, 11) is -3.68. The van der Waals surface area contributed by atoms with Crippen molar-refractivity contribution in [2.45, 2.75) is 24.7 Å². The Hall–Kier alpha value is -2.62. The standard InChI is InChI=1S/C23H29N3O5S/c1-2-31-22-8-4-3-7-19(22)23(27)24-20-17-18(9-10-21(20)25-11-5-6-12-25)32(28,29)26-13-15-30-16-14-26/h3-4,7-10,17H,2,5-6,11-16H2,1H3,(H,24,27). The molecule has 2 saturated heterocycles. The van der Waals surface area contributed by atoms with E-state index in [9.17, 15) is 13.2 Å². The predicted octanol–water partition coefficient (Wildman–Crippen LogP) is 2.96. The molecular weight excluding hydrogens is 430 g/mol. The Morgan fingerprint density at radius 1 is 1.06 bits per heavy atom. The summed E-state index contributed by atoms with van der Waals surface area (Å²) in [6.07, 6.45) is 2.13. The topological polar surface area (TPSA) is 88.2 Å². The van der Waals surface area contributed by atoms with Crippen LogP contribution in [0.3, 0.4) is 0 Å². The van der Waals surface area contributed by atoms with E-state index in [-0.39, 0.29) is 10.8 Å². The minimum Gasteiger partial charge on any atom is -0.493 e. The summed E-state index contributed by atoms with van der Waals surface area (Å²) in [5.74, 6) is 0.155. The van der Waals surface area contributed by atoms with Crippen LogP contribution in [0.2, 0.25) is 0 Å². The van der Waals surface area contributed by atoms with Gasteiger partial charge in [0.25, 0.3) is 5.91 Å². The first kappa shape index (κ1) is 22.6.